The van der Waals surface area contributed by atoms with Gasteiger partial charge in [0, 0.05) is 11.3 Å². The van der Waals surface area contributed by atoms with E-state index >= 15 is 0 Å². The van der Waals surface area contributed by atoms with Gasteiger partial charge in [-0.2, -0.15) is 0 Å². The van der Waals surface area contributed by atoms with Crippen LogP contribution in [0.4, 0.5) is 5.69 Å². The van der Waals surface area contributed by atoms with E-state index < -0.39 is 0 Å². The molecule has 0 spiro atoms. The van der Waals surface area contributed by atoms with Crippen LogP contribution in [-0.4, -0.2) is 25.8 Å². The number of aldehydes is 1. The summed E-state index contributed by atoms with van der Waals surface area (Å²) in [5, 5.41) is 5.42. The third-order valence-electron chi connectivity index (χ3n) is 1.67. The Bertz CT molecular complexity index is 319. The number of anilines is 1. The van der Waals surface area contributed by atoms with Gasteiger partial charge >= 0.3 is 0 Å². The zero-order valence-electron chi connectivity index (χ0n) is 7.91. The molecule has 4 nitrogen and oxygen atoms in total. The molecule has 1 aromatic rings. The predicted molar refractivity (Wildman–Crippen MR) is 54.4 cm³/mol. The highest BCUT2D eigenvalue weighted by Gasteiger charge is 1.99. The van der Waals surface area contributed by atoms with Crippen molar-refractivity contribution in [1.82, 2.24) is 5.32 Å². The van der Waals surface area contributed by atoms with Crippen molar-refractivity contribution in [1.29, 1.82) is 0 Å². The molecule has 0 heterocycles. The van der Waals surface area contributed by atoms with Crippen molar-refractivity contribution < 1.29 is 9.59 Å². The molecule has 0 saturated heterocycles. The first-order valence-corrected chi connectivity index (χ1v) is 4.26. The lowest BCUT2D eigenvalue weighted by molar-refractivity contribution is -0.115. The summed E-state index contributed by atoms with van der Waals surface area (Å²) in [4.78, 5) is 21.5. The fourth-order valence-electron chi connectivity index (χ4n) is 1.01. The molecule has 1 aromatic carbocycles. The molecule has 74 valence electrons. The van der Waals surface area contributed by atoms with Crippen molar-refractivity contribution in [2.45, 2.75) is 0 Å². The molecule has 1 rings (SSSR count). The van der Waals surface area contributed by atoms with Crippen molar-refractivity contribution in [2.75, 3.05) is 18.9 Å². The van der Waals surface area contributed by atoms with E-state index in [0.717, 1.165) is 6.29 Å². The molecular formula is C10H12N2O2. The van der Waals surface area contributed by atoms with E-state index in [1.165, 1.54) is 0 Å². The number of carbonyl (C=O) groups excluding carboxylic acids is 2. The van der Waals surface area contributed by atoms with E-state index in [9.17, 15) is 9.59 Å². The highest BCUT2D eigenvalue weighted by molar-refractivity contribution is 5.92. The van der Waals surface area contributed by atoms with Crippen LogP contribution >= 0.6 is 0 Å². The summed E-state index contributed by atoms with van der Waals surface area (Å²) in [5.74, 6) is -0.105. The van der Waals surface area contributed by atoms with E-state index in [4.69, 9.17) is 0 Å². The second kappa shape index (κ2) is 5.14. The van der Waals surface area contributed by atoms with E-state index in [1.807, 2.05) is 0 Å². The molecule has 1 amide bonds. The lowest BCUT2D eigenvalue weighted by atomic mass is 10.2. The van der Waals surface area contributed by atoms with E-state index in [2.05, 4.69) is 10.6 Å². The number of nitrogens with one attached hydrogen (secondary N) is 2. The number of hydrogen-bond donors (Lipinski definition) is 2. The third kappa shape index (κ3) is 2.99. The molecule has 0 atom stereocenters. The quantitative estimate of drug-likeness (QED) is 0.689. The molecular weight excluding hydrogens is 180 g/mol. The van der Waals surface area contributed by atoms with Crippen LogP contribution in [0.2, 0.25) is 0 Å². The normalized spacial score (nSPS) is 9.50. The highest BCUT2D eigenvalue weighted by Crippen LogP contribution is 2.07. The van der Waals surface area contributed by atoms with Gasteiger partial charge in [0.15, 0.2) is 0 Å². The lowest BCUT2D eigenvalue weighted by Gasteiger charge is -2.03. The maximum atomic E-state index is 11.1. The van der Waals surface area contributed by atoms with Crippen LogP contribution in [0.5, 0.6) is 0 Å². The Morgan fingerprint density at radius 2 is 2.00 bits per heavy atom. The minimum absolute atomic E-state index is 0.105. The second-order valence-corrected chi connectivity index (χ2v) is 2.82. The molecule has 2 N–H and O–H groups in total. The molecule has 0 bridgehead atoms. The van der Waals surface area contributed by atoms with Gasteiger partial charge in [-0.3, -0.25) is 9.59 Å². The molecule has 0 radical (unpaired) electrons. The van der Waals surface area contributed by atoms with Crippen molar-refractivity contribution in [3.8, 4) is 0 Å². The summed E-state index contributed by atoms with van der Waals surface area (Å²) in [7, 11) is 1.70. The fraction of sp³-hybridized carbons (Fsp3) is 0.200. The summed E-state index contributed by atoms with van der Waals surface area (Å²) in [6.07, 6.45) is 0.763. The van der Waals surface area contributed by atoms with Gasteiger partial charge in [-0.05, 0) is 31.3 Å². The van der Waals surface area contributed by atoms with Crippen LogP contribution in [-0.2, 0) is 4.79 Å². The first-order valence-electron chi connectivity index (χ1n) is 4.26. The molecule has 0 fully saturated rings. The second-order valence-electron chi connectivity index (χ2n) is 2.82. The Kier molecular flexibility index (Phi) is 3.82. The zero-order chi connectivity index (χ0) is 10.4. The molecule has 0 aliphatic carbocycles. The Morgan fingerprint density at radius 3 is 2.50 bits per heavy atom. The Hall–Kier alpha value is -1.68. The van der Waals surface area contributed by atoms with Crippen molar-refractivity contribution in [2.24, 2.45) is 0 Å². The van der Waals surface area contributed by atoms with Crippen LogP contribution in [0.25, 0.3) is 0 Å². The van der Waals surface area contributed by atoms with Gasteiger partial charge in [-0.1, -0.05) is 0 Å². The van der Waals surface area contributed by atoms with Crippen LogP contribution in [0.3, 0.4) is 0 Å². The number of likely N-dealkylation sites (N-methyl/N-ethyl adjacent to an activating group) is 1. The Balaban J connectivity index is 2.59. The van der Waals surface area contributed by atoms with E-state index in [-0.39, 0.29) is 12.5 Å². The van der Waals surface area contributed by atoms with Crippen molar-refractivity contribution in [3.05, 3.63) is 29.8 Å². The van der Waals surface area contributed by atoms with Gasteiger partial charge in [-0.25, -0.2) is 0 Å². The molecule has 14 heavy (non-hydrogen) atoms. The molecule has 0 unspecified atom stereocenters. The Labute approximate surface area is 82.3 Å². The maximum absolute atomic E-state index is 11.1. The highest BCUT2D eigenvalue weighted by atomic mass is 16.1. The first kappa shape index (κ1) is 10.4. The van der Waals surface area contributed by atoms with Gasteiger partial charge in [0.1, 0.15) is 6.29 Å². The topological polar surface area (TPSA) is 58.2 Å². The molecule has 0 saturated carbocycles. The number of hydrogen-bond acceptors (Lipinski definition) is 3. The van der Waals surface area contributed by atoms with E-state index in [1.54, 1.807) is 31.3 Å². The number of amides is 1. The van der Waals surface area contributed by atoms with Gasteiger partial charge in [0.2, 0.25) is 5.91 Å². The maximum Gasteiger partial charge on any atom is 0.238 e. The number of carbonyl (C=O) groups is 2. The number of benzene rings is 1. The average molecular weight is 192 g/mol. The standard InChI is InChI=1S/C10H12N2O2/c1-11-6-10(14)12-9-4-2-8(7-13)3-5-9/h2-5,7,11H,6H2,1H3,(H,12,14). The van der Waals surface area contributed by atoms with Gasteiger partial charge in [-0.15, -0.1) is 0 Å². The summed E-state index contributed by atoms with van der Waals surface area (Å²) in [6, 6.07) is 6.69. The van der Waals surface area contributed by atoms with E-state index in [0.29, 0.717) is 11.3 Å². The SMILES string of the molecule is CNCC(=O)Nc1ccc(C=O)cc1. The molecule has 4 heteroatoms. The fourth-order valence-corrected chi connectivity index (χ4v) is 1.01. The lowest BCUT2D eigenvalue weighted by Crippen LogP contribution is -2.24. The van der Waals surface area contributed by atoms with Gasteiger partial charge in [0.05, 0.1) is 6.54 Å². The summed E-state index contributed by atoms with van der Waals surface area (Å²) >= 11 is 0. The summed E-state index contributed by atoms with van der Waals surface area (Å²) in [5.41, 5.74) is 1.28. The Morgan fingerprint density at radius 1 is 1.36 bits per heavy atom. The minimum atomic E-state index is -0.105. The summed E-state index contributed by atoms with van der Waals surface area (Å²) in [6.45, 7) is 0.273. The van der Waals surface area contributed by atoms with Crippen LogP contribution in [0.1, 0.15) is 10.4 Å². The van der Waals surface area contributed by atoms with Crippen LogP contribution < -0.4 is 10.6 Å². The first-order chi connectivity index (χ1) is 6.76. The monoisotopic (exact) mass is 192 g/mol. The van der Waals surface area contributed by atoms with Gasteiger partial charge in [0.25, 0.3) is 0 Å². The average Bonchev–Trinajstić information content (AvgIpc) is 2.19. The van der Waals surface area contributed by atoms with Crippen LogP contribution in [0, 0.1) is 0 Å². The summed E-state index contributed by atoms with van der Waals surface area (Å²) < 4.78 is 0. The predicted octanol–water partition coefficient (Wildman–Crippen LogP) is 0.657. The smallest absolute Gasteiger partial charge is 0.238 e. The zero-order valence-corrected chi connectivity index (χ0v) is 7.91. The van der Waals surface area contributed by atoms with Gasteiger partial charge < -0.3 is 10.6 Å². The molecule has 0 aliphatic heterocycles. The minimum Gasteiger partial charge on any atom is -0.325 e. The largest absolute Gasteiger partial charge is 0.325 e. The number of rotatable bonds is 4. The molecule has 0 aromatic heterocycles. The van der Waals surface area contributed by atoms with Crippen molar-refractivity contribution in [3.63, 3.8) is 0 Å². The van der Waals surface area contributed by atoms with Crippen molar-refractivity contribution >= 4 is 17.9 Å². The van der Waals surface area contributed by atoms with Crippen LogP contribution in [0.15, 0.2) is 24.3 Å². The molecule has 0 aliphatic rings. The third-order valence-corrected chi connectivity index (χ3v) is 1.67.